The van der Waals surface area contributed by atoms with Gasteiger partial charge in [0.2, 0.25) is 0 Å². The average molecular weight is 348 g/mol. The van der Waals surface area contributed by atoms with Crippen molar-refractivity contribution >= 4 is 38.5 Å². The van der Waals surface area contributed by atoms with Crippen molar-refractivity contribution in [3.63, 3.8) is 0 Å². The van der Waals surface area contributed by atoms with Crippen LogP contribution in [-0.2, 0) is 0 Å². The van der Waals surface area contributed by atoms with Gasteiger partial charge in [-0.25, -0.2) is 8.78 Å². The van der Waals surface area contributed by atoms with E-state index in [0.29, 0.717) is 13.7 Å². The molecule has 0 radical (unpaired) electrons. The lowest BCUT2D eigenvalue weighted by Gasteiger charge is -2.07. The summed E-state index contributed by atoms with van der Waals surface area (Å²) in [5.74, 6) is 0. The molecule has 66 valence electrons. The fourth-order valence-corrected chi connectivity index (χ4v) is 1.81. The van der Waals surface area contributed by atoms with Crippen molar-refractivity contribution in [2.45, 2.75) is 13.3 Å². The van der Waals surface area contributed by atoms with Crippen LogP contribution < -0.4 is 0 Å². The first-order valence-corrected chi connectivity index (χ1v) is 5.00. The fourth-order valence-electron chi connectivity index (χ4n) is 0.821. The highest BCUT2D eigenvalue weighted by Gasteiger charge is 2.17. The molecule has 0 aromatic carbocycles. The van der Waals surface area contributed by atoms with E-state index in [1.165, 1.54) is 0 Å². The monoisotopic (exact) mass is 347 g/mol. The Morgan fingerprint density at radius 2 is 2.17 bits per heavy atom. The molecule has 12 heavy (non-hydrogen) atoms. The molecule has 0 bridgehead atoms. The van der Waals surface area contributed by atoms with Crippen LogP contribution in [0.3, 0.4) is 0 Å². The molecule has 1 nitrogen and oxygen atoms in total. The smallest absolute Gasteiger partial charge is 0.260 e. The highest BCUT2D eigenvalue weighted by Crippen LogP contribution is 2.32. The second-order valence-corrected chi connectivity index (χ2v) is 4.18. The van der Waals surface area contributed by atoms with Crippen LogP contribution in [0.5, 0.6) is 0 Å². The molecule has 1 aromatic rings. The van der Waals surface area contributed by atoms with Crippen molar-refractivity contribution in [1.29, 1.82) is 0 Å². The summed E-state index contributed by atoms with van der Waals surface area (Å²) < 4.78 is 25.9. The Bertz CT molecular complexity index is 304. The molecule has 0 unspecified atom stereocenters. The van der Waals surface area contributed by atoms with Gasteiger partial charge in [0.05, 0.1) is 5.56 Å². The van der Waals surface area contributed by atoms with Crippen LogP contribution >= 0.6 is 38.5 Å². The second kappa shape index (κ2) is 3.95. The molecule has 1 aromatic heterocycles. The van der Waals surface area contributed by atoms with Crippen molar-refractivity contribution in [2.75, 3.05) is 0 Å². The highest BCUT2D eigenvalue weighted by molar-refractivity contribution is 14.1. The van der Waals surface area contributed by atoms with E-state index < -0.39 is 6.43 Å². The van der Waals surface area contributed by atoms with Crippen LogP contribution in [0.15, 0.2) is 10.7 Å². The molecular formula is C7H5BrF2IN. The normalized spacial score (nSPS) is 10.8. The predicted molar refractivity (Wildman–Crippen MR) is 54.3 cm³/mol. The lowest BCUT2D eigenvalue weighted by Crippen LogP contribution is -1.96. The number of halogens is 4. The summed E-state index contributed by atoms with van der Waals surface area (Å²) in [5.41, 5.74) is 0.360. The Morgan fingerprint density at radius 1 is 1.58 bits per heavy atom. The Hall–Kier alpha value is 0.220. The van der Waals surface area contributed by atoms with Gasteiger partial charge in [-0.2, -0.15) is 0 Å². The molecule has 1 rings (SSSR count). The fraction of sp³-hybridized carbons (Fsp3) is 0.286. The zero-order valence-electron chi connectivity index (χ0n) is 6.11. The number of aromatic nitrogens is 1. The molecule has 0 amide bonds. The Labute approximate surface area is 90.8 Å². The van der Waals surface area contributed by atoms with Crippen molar-refractivity contribution in [3.8, 4) is 0 Å². The van der Waals surface area contributed by atoms with Gasteiger partial charge in [-0.05, 0) is 45.4 Å². The number of hydrogen-bond donors (Lipinski definition) is 0. The molecule has 1 heterocycles. The Kier molecular flexibility index (Phi) is 3.39. The Morgan fingerprint density at radius 3 is 2.58 bits per heavy atom. The lowest BCUT2D eigenvalue weighted by atomic mass is 10.2. The summed E-state index contributed by atoms with van der Waals surface area (Å²) in [5, 5.41) is 0. The molecule has 0 aliphatic carbocycles. The van der Waals surface area contributed by atoms with Gasteiger partial charge in [0, 0.05) is 19.9 Å². The lowest BCUT2D eigenvalue weighted by molar-refractivity contribution is 0.149. The predicted octanol–water partition coefficient (Wildman–Crippen LogP) is 3.69. The second-order valence-electron chi connectivity index (χ2n) is 2.22. The van der Waals surface area contributed by atoms with Crippen molar-refractivity contribution < 1.29 is 8.78 Å². The molecule has 0 atom stereocenters. The number of alkyl halides is 2. The first kappa shape index (κ1) is 10.3. The summed E-state index contributed by atoms with van der Waals surface area (Å²) >= 11 is 5.06. The van der Waals surface area contributed by atoms with E-state index in [-0.39, 0.29) is 5.56 Å². The molecule has 5 heteroatoms. The average Bonchev–Trinajstić information content (AvgIpc) is 1.97. The maximum atomic E-state index is 12.4. The van der Waals surface area contributed by atoms with E-state index in [0.717, 1.165) is 0 Å². The number of rotatable bonds is 1. The number of pyridine rings is 1. The number of hydrogen-bond acceptors (Lipinski definition) is 1. The van der Waals surface area contributed by atoms with E-state index in [4.69, 9.17) is 0 Å². The van der Waals surface area contributed by atoms with Gasteiger partial charge < -0.3 is 0 Å². The van der Waals surface area contributed by atoms with Gasteiger partial charge >= 0.3 is 0 Å². The molecule has 0 saturated carbocycles. The maximum Gasteiger partial charge on any atom is 0.266 e. The first-order valence-electron chi connectivity index (χ1n) is 3.12. The minimum absolute atomic E-state index is 0.0121. The van der Waals surface area contributed by atoms with Crippen LogP contribution in [0.2, 0.25) is 0 Å². The zero-order chi connectivity index (χ0) is 9.30. The maximum absolute atomic E-state index is 12.4. The highest BCUT2D eigenvalue weighted by atomic mass is 127. The van der Waals surface area contributed by atoms with E-state index in [9.17, 15) is 8.78 Å². The third-order valence-corrected chi connectivity index (χ3v) is 3.84. The molecular weight excluding hydrogens is 343 g/mol. The van der Waals surface area contributed by atoms with Gasteiger partial charge in [0.15, 0.2) is 0 Å². The van der Waals surface area contributed by atoms with Crippen LogP contribution in [0, 0.1) is 10.5 Å². The third kappa shape index (κ3) is 1.93. The van der Waals surface area contributed by atoms with Gasteiger partial charge in [-0.15, -0.1) is 0 Å². The zero-order valence-corrected chi connectivity index (χ0v) is 9.86. The molecule has 0 saturated heterocycles. The first-order chi connectivity index (χ1) is 5.54. The minimum Gasteiger partial charge on any atom is -0.260 e. The molecule has 0 N–H and O–H groups in total. The summed E-state index contributed by atoms with van der Waals surface area (Å²) in [6.07, 6.45) is -0.909. The largest absolute Gasteiger partial charge is 0.266 e. The molecule has 0 aliphatic heterocycles. The third-order valence-electron chi connectivity index (χ3n) is 1.43. The van der Waals surface area contributed by atoms with Crippen LogP contribution in [0.25, 0.3) is 0 Å². The van der Waals surface area contributed by atoms with Crippen molar-refractivity contribution in [1.82, 2.24) is 4.98 Å². The summed E-state index contributed by atoms with van der Waals surface area (Å²) in [4.78, 5) is 3.84. The van der Waals surface area contributed by atoms with Gasteiger partial charge in [-0.1, -0.05) is 0 Å². The standard InChI is InChI=1S/C7H5BrF2IN/c1-3-5(7(9)10)6(8)4(11)2-12-3/h2,7H,1H3. The number of nitrogens with zero attached hydrogens (tertiary/aromatic N) is 1. The van der Waals surface area contributed by atoms with E-state index in [1.807, 2.05) is 22.6 Å². The van der Waals surface area contributed by atoms with Crippen molar-refractivity contribution in [2.24, 2.45) is 0 Å². The minimum atomic E-state index is -2.47. The summed E-state index contributed by atoms with van der Waals surface area (Å²) in [6, 6.07) is 0. The summed E-state index contributed by atoms with van der Waals surface area (Å²) in [7, 11) is 0. The van der Waals surface area contributed by atoms with Crippen LogP contribution in [0.4, 0.5) is 8.78 Å². The molecule has 0 aliphatic rings. The van der Waals surface area contributed by atoms with Gasteiger partial charge in [-0.3, -0.25) is 4.98 Å². The van der Waals surface area contributed by atoms with E-state index in [2.05, 4.69) is 20.9 Å². The SMILES string of the molecule is Cc1ncc(I)c(Br)c1C(F)F. The van der Waals surface area contributed by atoms with Gasteiger partial charge in [0.1, 0.15) is 0 Å². The quantitative estimate of drug-likeness (QED) is 0.706. The Balaban J connectivity index is 3.33. The van der Waals surface area contributed by atoms with E-state index in [1.54, 1.807) is 13.1 Å². The molecule has 0 fully saturated rings. The van der Waals surface area contributed by atoms with Crippen molar-refractivity contribution in [3.05, 3.63) is 25.5 Å². The van der Waals surface area contributed by atoms with E-state index >= 15 is 0 Å². The summed E-state index contributed by atoms with van der Waals surface area (Å²) in [6.45, 7) is 1.57. The number of aryl methyl sites for hydroxylation is 1. The topological polar surface area (TPSA) is 12.9 Å². The molecule has 0 spiro atoms. The van der Waals surface area contributed by atoms with Crippen LogP contribution in [0.1, 0.15) is 17.7 Å². The van der Waals surface area contributed by atoms with Gasteiger partial charge in [0.25, 0.3) is 6.43 Å². The van der Waals surface area contributed by atoms with Crippen LogP contribution in [-0.4, -0.2) is 4.98 Å².